The first kappa shape index (κ1) is 18.9. The summed E-state index contributed by atoms with van der Waals surface area (Å²) in [6, 6.07) is 13.0. The largest absolute Gasteiger partial charge is 0.493 e. The maximum Gasteiger partial charge on any atom is 0.296 e. The molecule has 0 saturated carbocycles. The van der Waals surface area contributed by atoms with Crippen LogP contribution >= 0.6 is 0 Å². The van der Waals surface area contributed by atoms with Crippen LogP contribution in [0.5, 0.6) is 11.5 Å². The van der Waals surface area contributed by atoms with Gasteiger partial charge in [-0.15, -0.1) is 0 Å². The van der Waals surface area contributed by atoms with Crippen LogP contribution in [-0.2, 0) is 0 Å². The second kappa shape index (κ2) is 7.02. The minimum atomic E-state index is -0.771. The summed E-state index contributed by atoms with van der Waals surface area (Å²) < 4.78 is 21.9. The molecular formula is C23H18N2O6. The molecule has 8 nitrogen and oxygen atoms in total. The molecule has 1 amide bonds. The molecule has 4 aromatic rings. The minimum absolute atomic E-state index is 0.0101. The van der Waals surface area contributed by atoms with E-state index in [1.807, 2.05) is 0 Å². The number of fused-ring (bicyclic) bond motifs is 2. The number of carbonyl (C=O) groups excluding carboxylic acids is 1. The third kappa shape index (κ3) is 2.79. The molecule has 0 spiro atoms. The highest BCUT2D eigenvalue weighted by atomic mass is 16.5. The van der Waals surface area contributed by atoms with Crippen molar-refractivity contribution in [3.05, 3.63) is 81.4 Å². The van der Waals surface area contributed by atoms with E-state index in [0.29, 0.717) is 33.8 Å². The molecule has 2 aromatic heterocycles. The molecule has 1 aliphatic rings. The van der Waals surface area contributed by atoms with Crippen molar-refractivity contribution in [1.82, 2.24) is 5.16 Å². The van der Waals surface area contributed by atoms with Gasteiger partial charge in [-0.25, -0.2) is 0 Å². The van der Waals surface area contributed by atoms with E-state index in [0.717, 1.165) is 0 Å². The van der Waals surface area contributed by atoms with E-state index in [1.165, 1.54) is 19.1 Å². The van der Waals surface area contributed by atoms with Crippen molar-refractivity contribution in [3.63, 3.8) is 0 Å². The molecule has 5 rings (SSSR count). The Morgan fingerprint density at radius 2 is 1.77 bits per heavy atom. The zero-order chi connectivity index (χ0) is 21.7. The van der Waals surface area contributed by atoms with Crippen LogP contribution in [0.1, 0.15) is 33.5 Å². The van der Waals surface area contributed by atoms with Crippen LogP contribution in [-0.4, -0.2) is 25.3 Å². The van der Waals surface area contributed by atoms with Crippen LogP contribution < -0.4 is 19.8 Å². The van der Waals surface area contributed by atoms with Gasteiger partial charge in [0.15, 0.2) is 22.7 Å². The van der Waals surface area contributed by atoms with Crippen LogP contribution in [0.15, 0.2) is 62.3 Å². The monoisotopic (exact) mass is 418 g/mol. The lowest BCUT2D eigenvalue weighted by Gasteiger charge is -2.23. The lowest BCUT2D eigenvalue weighted by atomic mass is 9.98. The Labute approximate surface area is 176 Å². The van der Waals surface area contributed by atoms with Gasteiger partial charge in [-0.1, -0.05) is 23.4 Å². The smallest absolute Gasteiger partial charge is 0.296 e. The summed E-state index contributed by atoms with van der Waals surface area (Å²) in [5.74, 6) is 1.36. The predicted octanol–water partition coefficient (Wildman–Crippen LogP) is 3.86. The second-order valence-corrected chi connectivity index (χ2v) is 7.16. The van der Waals surface area contributed by atoms with E-state index in [4.69, 9.17) is 18.4 Å². The summed E-state index contributed by atoms with van der Waals surface area (Å²) >= 11 is 0. The number of ether oxygens (including phenoxy) is 2. The topological polar surface area (TPSA) is 95.0 Å². The van der Waals surface area contributed by atoms with Crippen molar-refractivity contribution in [3.8, 4) is 11.5 Å². The van der Waals surface area contributed by atoms with Crippen LogP contribution in [0.2, 0.25) is 0 Å². The molecule has 3 heterocycles. The fourth-order valence-corrected chi connectivity index (χ4v) is 3.96. The number of methoxy groups -OCH3 is 2. The van der Waals surface area contributed by atoms with E-state index in [2.05, 4.69) is 5.16 Å². The number of anilines is 1. The van der Waals surface area contributed by atoms with Crippen molar-refractivity contribution in [2.45, 2.75) is 13.0 Å². The number of nitrogens with zero attached hydrogens (tertiary/aromatic N) is 2. The van der Waals surface area contributed by atoms with Gasteiger partial charge in [0.05, 0.1) is 31.2 Å². The van der Waals surface area contributed by atoms with Crippen LogP contribution in [0.4, 0.5) is 5.82 Å². The highest BCUT2D eigenvalue weighted by Gasteiger charge is 2.45. The molecule has 1 atom stereocenters. The van der Waals surface area contributed by atoms with Crippen LogP contribution in [0.3, 0.4) is 0 Å². The fourth-order valence-electron chi connectivity index (χ4n) is 3.96. The molecule has 1 aliphatic heterocycles. The highest BCUT2D eigenvalue weighted by Crippen LogP contribution is 2.42. The summed E-state index contributed by atoms with van der Waals surface area (Å²) in [7, 11) is 3.06. The molecule has 31 heavy (non-hydrogen) atoms. The number of hydrogen-bond acceptors (Lipinski definition) is 7. The third-order valence-corrected chi connectivity index (χ3v) is 5.36. The molecule has 0 N–H and O–H groups in total. The molecule has 0 aliphatic carbocycles. The van der Waals surface area contributed by atoms with Crippen LogP contribution in [0, 0.1) is 6.92 Å². The number of amides is 1. The number of aromatic nitrogens is 1. The van der Waals surface area contributed by atoms with E-state index in [9.17, 15) is 9.59 Å². The summed E-state index contributed by atoms with van der Waals surface area (Å²) in [6.07, 6.45) is 0. The summed E-state index contributed by atoms with van der Waals surface area (Å²) in [5, 5.41) is 4.41. The molecule has 0 saturated heterocycles. The number of rotatable bonds is 4. The number of carbonyl (C=O) groups is 1. The minimum Gasteiger partial charge on any atom is -0.493 e. The van der Waals surface area contributed by atoms with Gasteiger partial charge in [-0.05, 0) is 36.8 Å². The zero-order valence-electron chi connectivity index (χ0n) is 17.0. The number of benzene rings is 2. The first-order valence-electron chi connectivity index (χ1n) is 9.58. The van der Waals surface area contributed by atoms with Gasteiger partial charge in [-0.3, -0.25) is 14.5 Å². The van der Waals surface area contributed by atoms with E-state index in [-0.39, 0.29) is 22.6 Å². The molecule has 0 unspecified atom stereocenters. The molecule has 0 radical (unpaired) electrons. The normalized spacial score (nSPS) is 15.4. The maximum absolute atomic E-state index is 13.5. The van der Waals surface area contributed by atoms with Crippen molar-refractivity contribution in [1.29, 1.82) is 0 Å². The zero-order valence-corrected chi connectivity index (χ0v) is 17.0. The van der Waals surface area contributed by atoms with E-state index in [1.54, 1.807) is 55.5 Å². The molecule has 156 valence electrons. The number of hydrogen-bond donors (Lipinski definition) is 0. The van der Waals surface area contributed by atoms with Gasteiger partial charge in [0, 0.05) is 6.07 Å². The van der Waals surface area contributed by atoms with E-state index >= 15 is 0 Å². The van der Waals surface area contributed by atoms with E-state index < -0.39 is 11.9 Å². The Morgan fingerprint density at radius 1 is 1.00 bits per heavy atom. The lowest BCUT2D eigenvalue weighted by molar-refractivity contribution is 0.0969. The summed E-state index contributed by atoms with van der Waals surface area (Å²) in [6.45, 7) is 1.73. The molecule has 8 heteroatoms. The average molecular weight is 418 g/mol. The van der Waals surface area contributed by atoms with Crippen molar-refractivity contribution < 1.29 is 23.2 Å². The molecule has 0 bridgehead atoms. The van der Waals surface area contributed by atoms with Gasteiger partial charge in [-0.2, -0.15) is 0 Å². The maximum atomic E-state index is 13.5. The first-order chi connectivity index (χ1) is 15.0. The molecular weight excluding hydrogens is 400 g/mol. The fraction of sp³-hybridized carbons (Fsp3) is 0.174. The van der Waals surface area contributed by atoms with Gasteiger partial charge in [0.25, 0.3) is 5.91 Å². The molecule has 2 aromatic carbocycles. The van der Waals surface area contributed by atoms with Crippen LogP contribution in [0.25, 0.3) is 11.0 Å². The Morgan fingerprint density at radius 3 is 2.48 bits per heavy atom. The summed E-state index contributed by atoms with van der Waals surface area (Å²) in [5.41, 5.74) is 0.973. The Kier molecular flexibility index (Phi) is 4.28. The van der Waals surface area contributed by atoms with Crippen molar-refractivity contribution in [2.24, 2.45) is 0 Å². The quantitative estimate of drug-likeness (QED) is 0.497. The standard InChI is InChI=1S/C23H18N2O6/c1-12-10-18(24-31-12)25-20(13-8-9-16(28-2)17(11-13)29-3)19-21(26)14-6-4-5-7-15(14)30-22(19)23(25)27/h4-11,20H,1-3H3/t20-/m0/s1. The Bertz CT molecular complexity index is 1390. The van der Waals surface area contributed by atoms with Gasteiger partial charge >= 0.3 is 0 Å². The third-order valence-electron chi connectivity index (χ3n) is 5.36. The predicted molar refractivity (Wildman–Crippen MR) is 112 cm³/mol. The van der Waals surface area contributed by atoms with Gasteiger partial charge in [0.1, 0.15) is 11.3 Å². The number of aryl methyl sites for hydroxylation is 1. The van der Waals surface area contributed by atoms with Crippen molar-refractivity contribution in [2.75, 3.05) is 19.1 Å². The summed E-state index contributed by atoms with van der Waals surface area (Å²) in [4.78, 5) is 28.3. The number of para-hydroxylation sites is 1. The SMILES string of the molecule is COc1ccc([C@H]2c3c(oc4ccccc4c3=O)C(=O)N2c2cc(C)on2)cc1OC. The Balaban J connectivity index is 1.81. The highest BCUT2D eigenvalue weighted by molar-refractivity contribution is 6.10. The Hall–Kier alpha value is -4.07. The first-order valence-corrected chi connectivity index (χ1v) is 9.58. The van der Waals surface area contributed by atoms with Gasteiger partial charge < -0.3 is 18.4 Å². The molecule has 0 fully saturated rings. The second-order valence-electron chi connectivity index (χ2n) is 7.16. The van der Waals surface area contributed by atoms with Crippen molar-refractivity contribution >= 4 is 22.7 Å². The lowest BCUT2D eigenvalue weighted by Crippen LogP contribution is -2.29. The average Bonchev–Trinajstić information content (AvgIpc) is 3.34. The van der Waals surface area contributed by atoms with Gasteiger partial charge in [0.2, 0.25) is 5.76 Å².